The van der Waals surface area contributed by atoms with E-state index in [1.165, 1.54) is 16.5 Å². The SMILES string of the molecule is Cc1cc2c3c(ccc(C(C)C)c3n1)CO2. The minimum Gasteiger partial charge on any atom is -0.488 e. The van der Waals surface area contributed by atoms with E-state index >= 15 is 0 Å². The summed E-state index contributed by atoms with van der Waals surface area (Å²) in [5.41, 5.74) is 4.74. The Hall–Kier alpha value is -1.57. The van der Waals surface area contributed by atoms with E-state index in [1.54, 1.807) is 0 Å². The molecule has 1 aromatic heterocycles. The zero-order chi connectivity index (χ0) is 11.3. The van der Waals surface area contributed by atoms with Crippen LogP contribution in [0.2, 0.25) is 0 Å². The summed E-state index contributed by atoms with van der Waals surface area (Å²) in [5.74, 6) is 1.50. The summed E-state index contributed by atoms with van der Waals surface area (Å²) in [4.78, 5) is 4.68. The Labute approximate surface area is 95.3 Å². The van der Waals surface area contributed by atoms with Crippen molar-refractivity contribution in [1.29, 1.82) is 0 Å². The quantitative estimate of drug-likeness (QED) is 0.722. The lowest BCUT2D eigenvalue weighted by Crippen LogP contribution is -1.94. The number of aromatic nitrogens is 1. The minimum atomic E-state index is 0.497. The molecule has 1 aliphatic rings. The van der Waals surface area contributed by atoms with Crippen LogP contribution >= 0.6 is 0 Å². The average Bonchev–Trinajstić information content (AvgIpc) is 2.62. The minimum absolute atomic E-state index is 0.497. The third-order valence-corrected chi connectivity index (χ3v) is 3.18. The first-order chi connectivity index (χ1) is 7.66. The molecule has 0 amide bonds. The molecule has 0 N–H and O–H groups in total. The highest BCUT2D eigenvalue weighted by atomic mass is 16.5. The van der Waals surface area contributed by atoms with Gasteiger partial charge in [0.25, 0.3) is 0 Å². The molecule has 1 aliphatic heterocycles. The van der Waals surface area contributed by atoms with Gasteiger partial charge >= 0.3 is 0 Å². The first-order valence-corrected chi connectivity index (χ1v) is 5.72. The van der Waals surface area contributed by atoms with Gasteiger partial charge in [-0.25, -0.2) is 0 Å². The first kappa shape index (κ1) is 9.64. The highest BCUT2D eigenvalue weighted by Gasteiger charge is 2.19. The lowest BCUT2D eigenvalue weighted by Gasteiger charge is -2.10. The lowest BCUT2D eigenvalue weighted by molar-refractivity contribution is 0.326. The van der Waals surface area contributed by atoms with Gasteiger partial charge in [0.2, 0.25) is 0 Å². The van der Waals surface area contributed by atoms with E-state index in [0.717, 1.165) is 17.0 Å². The molecule has 1 aromatic carbocycles. The number of hydrogen-bond donors (Lipinski definition) is 0. The Morgan fingerprint density at radius 2 is 2.12 bits per heavy atom. The maximum Gasteiger partial charge on any atom is 0.131 e. The molecule has 0 unspecified atom stereocenters. The smallest absolute Gasteiger partial charge is 0.131 e. The van der Waals surface area contributed by atoms with Crippen LogP contribution in [-0.4, -0.2) is 4.98 Å². The molecule has 16 heavy (non-hydrogen) atoms. The van der Waals surface area contributed by atoms with Gasteiger partial charge in [-0.05, 0) is 18.4 Å². The zero-order valence-electron chi connectivity index (χ0n) is 9.87. The summed E-state index contributed by atoms with van der Waals surface area (Å²) >= 11 is 0. The van der Waals surface area contributed by atoms with Gasteiger partial charge in [0.05, 0.1) is 5.52 Å². The number of nitrogens with zero attached hydrogens (tertiary/aromatic N) is 1. The largest absolute Gasteiger partial charge is 0.488 e. The molecule has 0 atom stereocenters. The molecule has 0 fully saturated rings. The van der Waals surface area contributed by atoms with Gasteiger partial charge in [0.15, 0.2) is 0 Å². The molecular weight excluding hydrogens is 198 g/mol. The predicted molar refractivity (Wildman–Crippen MR) is 64.9 cm³/mol. The predicted octanol–water partition coefficient (Wildman–Crippen LogP) is 3.56. The first-order valence-electron chi connectivity index (χ1n) is 5.72. The van der Waals surface area contributed by atoms with E-state index in [9.17, 15) is 0 Å². The van der Waals surface area contributed by atoms with Gasteiger partial charge in [-0.3, -0.25) is 4.98 Å². The van der Waals surface area contributed by atoms with Crippen molar-refractivity contribution in [1.82, 2.24) is 4.98 Å². The van der Waals surface area contributed by atoms with Gasteiger partial charge in [-0.15, -0.1) is 0 Å². The number of hydrogen-bond acceptors (Lipinski definition) is 2. The van der Waals surface area contributed by atoms with E-state index in [0.29, 0.717) is 12.5 Å². The van der Waals surface area contributed by atoms with E-state index in [-0.39, 0.29) is 0 Å². The summed E-state index contributed by atoms with van der Waals surface area (Å²) in [6, 6.07) is 6.39. The zero-order valence-corrected chi connectivity index (χ0v) is 9.87. The van der Waals surface area contributed by atoms with Gasteiger partial charge in [0.1, 0.15) is 12.4 Å². The van der Waals surface area contributed by atoms with Crippen LogP contribution in [-0.2, 0) is 6.61 Å². The standard InChI is InChI=1S/C14H15NO/c1-8(2)11-5-4-10-7-16-12-6-9(3)15-14(11)13(10)12/h4-6,8H,7H2,1-3H3. The maximum atomic E-state index is 5.69. The second-order valence-corrected chi connectivity index (χ2v) is 4.74. The number of pyridine rings is 1. The number of rotatable bonds is 1. The van der Waals surface area contributed by atoms with Gasteiger partial charge in [0, 0.05) is 22.7 Å². The summed E-state index contributed by atoms with van der Waals surface area (Å²) < 4.78 is 5.69. The average molecular weight is 213 g/mol. The van der Waals surface area contributed by atoms with Crippen molar-refractivity contribution in [3.63, 3.8) is 0 Å². The second kappa shape index (κ2) is 3.21. The van der Waals surface area contributed by atoms with Crippen LogP contribution in [0.5, 0.6) is 5.75 Å². The van der Waals surface area contributed by atoms with Crippen LogP contribution in [0.15, 0.2) is 18.2 Å². The topological polar surface area (TPSA) is 22.1 Å². The van der Waals surface area contributed by atoms with Gasteiger partial charge in [-0.1, -0.05) is 26.0 Å². The van der Waals surface area contributed by atoms with Crippen molar-refractivity contribution in [2.75, 3.05) is 0 Å². The molecule has 2 heterocycles. The molecule has 82 valence electrons. The highest BCUT2D eigenvalue weighted by molar-refractivity contribution is 5.92. The van der Waals surface area contributed by atoms with Crippen LogP contribution in [0.4, 0.5) is 0 Å². The van der Waals surface area contributed by atoms with Crippen LogP contribution in [0.3, 0.4) is 0 Å². The van der Waals surface area contributed by atoms with Crippen molar-refractivity contribution < 1.29 is 4.74 Å². The monoisotopic (exact) mass is 213 g/mol. The van der Waals surface area contributed by atoms with Crippen LogP contribution < -0.4 is 4.74 Å². The third-order valence-electron chi connectivity index (χ3n) is 3.18. The molecule has 0 radical (unpaired) electrons. The molecule has 0 saturated carbocycles. The highest BCUT2D eigenvalue weighted by Crippen LogP contribution is 2.38. The summed E-state index contributed by atoms with van der Waals surface area (Å²) in [7, 11) is 0. The fourth-order valence-corrected chi connectivity index (χ4v) is 2.37. The summed E-state index contributed by atoms with van der Waals surface area (Å²) in [5, 5.41) is 1.22. The van der Waals surface area contributed by atoms with Crippen LogP contribution in [0.1, 0.15) is 36.6 Å². The van der Waals surface area contributed by atoms with E-state index in [2.05, 4.69) is 31.0 Å². The Morgan fingerprint density at radius 1 is 1.31 bits per heavy atom. The van der Waals surface area contributed by atoms with Crippen molar-refractivity contribution >= 4 is 10.9 Å². The summed E-state index contributed by atoms with van der Waals surface area (Å²) in [6.07, 6.45) is 0. The molecule has 0 aliphatic carbocycles. The molecular formula is C14H15NO. The molecule has 3 rings (SSSR count). The van der Waals surface area contributed by atoms with Crippen LogP contribution in [0, 0.1) is 6.92 Å². The van der Waals surface area contributed by atoms with Crippen LogP contribution in [0.25, 0.3) is 10.9 Å². The Balaban J connectivity index is 2.45. The normalized spacial score (nSPS) is 13.5. The molecule has 2 nitrogen and oxygen atoms in total. The van der Waals surface area contributed by atoms with Gasteiger partial charge < -0.3 is 4.74 Å². The maximum absolute atomic E-state index is 5.69. The molecule has 2 heteroatoms. The lowest BCUT2D eigenvalue weighted by atomic mass is 9.97. The van der Waals surface area contributed by atoms with Crippen molar-refractivity contribution in [2.24, 2.45) is 0 Å². The number of ether oxygens (including phenoxy) is 1. The fraction of sp³-hybridized carbons (Fsp3) is 0.357. The Morgan fingerprint density at radius 3 is 2.88 bits per heavy atom. The third kappa shape index (κ3) is 1.22. The van der Waals surface area contributed by atoms with Crippen molar-refractivity contribution in [3.05, 3.63) is 35.0 Å². The second-order valence-electron chi connectivity index (χ2n) is 4.74. The van der Waals surface area contributed by atoms with E-state index in [1.807, 2.05) is 13.0 Å². The van der Waals surface area contributed by atoms with Crippen molar-refractivity contribution in [2.45, 2.75) is 33.3 Å². The Kier molecular flexibility index (Phi) is 1.93. The molecule has 0 spiro atoms. The Bertz CT molecular complexity index is 572. The summed E-state index contributed by atoms with van der Waals surface area (Å²) in [6.45, 7) is 7.12. The molecule has 2 aromatic rings. The number of aryl methyl sites for hydroxylation is 1. The van der Waals surface area contributed by atoms with Gasteiger partial charge in [-0.2, -0.15) is 0 Å². The van der Waals surface area contributed by atoms with Crippen molar-refractivity contribution in [3.8, 4) is 5.75 Å². The molecule has 0 saturated heterocycles. The number of benzene rings is 1. The fourth-order valence-electron chi connectivity index (χ4n) is 2.37. The van der Waals surface area contributed by atoms with E-state index in [4.69, 9.17) is 4.74 Å². The van der Waals surface area contributed by atoms with E-state index < -0.39 is 0 Å². The molecule has 0 bridgehead atoms.